The highest BCUT2D eigenvalue weighted by Gasteiger charge is 2.59. The molecule has 0 bridgehead atoms. The lowest BCUT2D eigenvalue weighted by Crippen LogP contribution is -2.41. The molecule has 0 amide bonds. The lowest BCUT2D eigenvalue weighted by atomic mass is 9.97. The zero-order chi connectivity index (χ0) is 23.0. The molecule has 0 radical (unpaired) electrons. The molecule has 20 heteroatoms. The summed E-state index contributed by atoms with van der Waals surface area (Å²) in [6.45, 7) is 0. The number of carboxylic acid groups (broad SMARTS) is 1. The van der Waals surface area contributed by atoms with Crippen LogP contribution < -0.4 is 11.5 Å². The molecule has 0 saturated carbocycles. The van der Waals surface area contributed by atoms with E-state index in [1.54, 1.807) is 0 Å². The van der Waals surface area contributed by atoms with Crippen molar-refractivity contribution in [3.63, 3.8) is 0 Å². The minimum absolute atomic E-state index is 0.916. The van der Waals surface area contributed by atoms with E-state index in [-0.39, 0.29) is 0 Å². The molecular weight excluding hydrogens is 472 g/mol. The third kappa shape index (κ3) is 6.00. The van der Waals surface area contributed by atoms with Crippen molar-refractivity contribution in [3.05, 3.63) is 0 Å². The molecule has 0 aromatic rings. The Bertz CT molecular complexity index is 672. The Kier molecular flexibility index (Phi) is 8.62. The van der Waals surface area contributed by atoms with Gasteiger partial charge in [0.15, 0.2) is 0 Å². The summed E-state index contributed by atoms with van der Waals surface area (Å²) in [4.78, 5) is 84.2. The Hall–Kier alpha value is -0.0100. The van der Waals surface area contributed by atoms with Gasteiger partial charge in [0.1, 0.15) is 0 Å². The summed E-state index contributed by atoms with van der Waals surface area (Å²) >= 11 is 0. The summed E-state index contributed by atoms with van der Waals surface area (Å²) in [5.74, 6) is -3.56. The Labute approximate surface area is 157 Å². The molecule has 0 atom stereocenters. The van der Waals surface area contributed by atoms with Crippen molar-refractivity contribution in [3.8, 4) is 0 Å². The summed E-state index contributed by atoms with van der Waals surface area (Å²) in [6, 6.07) is 0. The molecule has 16 nitrogen and oxygen atoms in total. The second-order valence-corrected chi connectivity index (χ2v) is 14.3. The molecule has 0 heterocycles. The van der Waals surface area contributed by atoms with E-state index in [0.717, 1.165) is 0 Å². The maximum atomic E-state index is 11.4. The van der Waals surface area contributed by atoms with Crippen LogP contribution in [0.5, 0.6) is 0 Å². The predicted molar refractivity (Wildman–Crippen MR) is 91.6 cm³/mol. The minimum atomic E-state index is -5.65. The minimum Gasteiger partial charge on any atom is -0.481 e. The standard InChI is InChI=1S/C8H22N2O14P4/c9-7(25(13,14)15,26(16,17)18)3-1-5(6(11)12)2-4-8(10,27(19,20)21)28(22,23)24/h5H,1-4,9-10H2,(H,11,12)(H2,13,14,15)(H2,16,17,18)(H2,19,20,21)(H2,22,23,24). The van der Waals surface area contributed by atoms with Crippen molar-refractivity contribution >= 4 is 36.4 Å². The van der Waals surface area contributed by atoms with Crippen LogP contribution >= 0.6 is 30.4 Å². The van der Waals surface area contributed by atoms with Crippen LogP contribution in [0.4, 0.5) is 0 Å². The normalized spacial score (nSPS) is 15.1. The van der Waals surface area contributed by atoms with Gasteiger partial charge in [0.2, 0.25) is 10.0 Å². The van der Waals surface area contributed by atoms with Gasteiger partial charge in [-0.25, -0.2) is 0 Å². The van der Waals surface area contributed by atoms with Gasteiger partial charge in [-0.1, -0.05) is 0 Å². The Morgan fingerprint density at radius 1 is 0.679 bits per heavy atom. The van der Waals surface area contributed by atoms with Gasteiger partial charge in [-0.15, -0.1) is 0 Å². The fourth-order valence-electron chi connectivity index (χ4n) is 2.09. The van der Waals surface area contributed by atoms with Gasteiger partial charge < -0.3 is 55.7 Å². The van der Waals surface area contributed by atoms with E-state index in [2.05, 4.69) is 0 Å². The van der Waals surface area contributed by atoms with Crippen molar-refractivity contribution < 1.29 is 67.3 Å². The monoisotopic (exact) mass is 494 g/mol. The lowest BCUT2D eigenvalue weighted by molar-refractivity contribution is -0.142. The maximum Gasteiger partial charge on any atom is 0.357 e. The van der Waals surface area contributed by atoms with E-state index < -0.39 is 78.0 Å². The molecule has 0 aromatic carbocycles. The van der Waals surface area contributed by atoms with Crippen molar-refractivity contribution in [2.45, 2.75) is 35.7 Å². The second kappa shape index (κ2) is 8.62. The quantitative estimate of drug-likeness (QED) is 0.141. The van der Waals surface area contributed by atoms with E-state index >= 15 is 0 Å². The fourth-order valence-corrected chi connectivity index (χ4v) is 6.48. The molecule has 0 unspecified atom stereocenters. The largest absolute Gasteiger partial charge is 0.481 e. The first kappa shape index (κ1) is 28.0. The van der Waals surface area contributed by atoms with E-state index in [4.69, 9.17) is 55.7 Å². The number of nitrogens with two attached hydrogens (primary N) is 2. The highest BCUT2D eigenvalue weighted by atomic mass is 31.2. The van der Waals surface area contributed by atoms with E-state index in [0.29, 0.717) is 0 Å². The number of rotatable bonds is 11. The molecule has 0 saturated heterocycles. The van der Waals surface area contributed by atoms with Crippen LogP contribution in [-0.4, -0.2) is 60.3 Å². The first-order valence-corrected chi connectivity index (χ1v) is 13.5. The van der Waals surface area contributed by atoms with Crippen LogP contribution in [0.25, 0.3) is 0 Å². The molecule has 168 valence electrons. The first-order valence-electron chi connectivity index (χ1n) is 7.04. The Balaban J connectivity index is 5.68. The molecule has 0 aliphatic rings. The van der Waals surface area contributed by atoms with Gasteiger partial charge in [0.05, 0.1) is 5.92 Å². The number of aliphatic carboxylic acids is 1. The van der Waals surface area contributed by atoms with E-state index in [1.807, 2.05) is 0 Å². The molecule has 0 spiro atoms. The van der Waals surface area contributed by atoms with Gasteiger partial charge in [-0.2, -0.15) is 0 Å². The van der Waals surface area contributed by atoms with Gasteiger partial charge in [0, 0.05) is 0 Å². The summed E-state index contributed by atoms with van der Waals surface area (Å²) in [7, 11) is -22.6. The first-order chi connectivity index (χ1) is 12.0. The van der Waals surface area contributed by atoms with Crippen LogP contribution in [0, 0.1) is 5.92 Å². The van der Waals surface area contributed by atoms with Gasteiger partial charge in [-0.3, -0.25) is 23.1 Å². The molecule has 13 N–H and O–H groups in total. The fraction of sp³-hybridized carbons (Fsp3) is 0.875. The van der Waals surface area contributed by atoms with Crippen molar-refractivity contribution in [2.24, 2.45) is 17.4 Å². The molecule has 28 heavy (non-hydrogen) atoms. The molecule has 0 aliphatic heterocycles. The van der Waals surface area contributed by atoms with Crippen molar-refractivity contribution in [1.82, 2.24) is 0 Å². The molecule has 0 rings (SSSR count). The Morgan fingerprint density at radius 3 is 1.04 bits per heavy atom. The Morgan fingerprint density at radius 2 is 0.893 bits per heavy atom. The average Bonchev–Trinajstić information content (AvgIpc) is 2.41. The third-order valence-electron chi connectivity index (χ3n) is 4.09. The number of hydrogen-bond acceptors (Lipinski definition) is 7. The van der Waals surface area contributed by atoms with E-state index in [1.165, 1.54) is 0 Å². The van der Waals surface area contributed by atoms with Crippen LogP contribution in [0.1, 0.15) is 25.7 Å². The van der Waals surface area contributed by atoms with Crippen LogP contribution in [0.3, 0.4) is 0 Å². The number of hydrogen-bond donors (Lipinski definition) is 11. The van der Waals surface area contributed by atoms with Crippen molar-refractivity contribution in [1.29, 1.82) is 0 Å². The molecular formula is C8H22N2O14P4. The van der Waals surface area contributed by atoms with Gasteiger partial charge >= 0.3 is 36.4 Å². The highest BCUT2D eigenvalue weighted by Crippen LogP contribution is 2.69. The molecule has 0 aromatic heterocycles. The number of carbonyl (C=O) groups is 1. The smallest absolute Gasteiger partial charge is 0.357 e. The van der Waals surface area contributed by atoms with E-state index in [9.17, 15) is 23.1 Å². The van der Waals surface area contributed by atoms with Crippen LogP contribution in [0.2, 0.25) is 0 Å². The number of carboxylic acids is 1. The third-order valence-corrected chi connectivity index (χ3v) is 12.1. The average molecular weight is 494 g/mol. The summed E-state index contributed by atoms with van der Waals surface area (Å²) in [6.07, 6.45) is -4.30. The van der Waals surface area contributed by atoms with Gasteiger partial charge in [-0.05, 0) is 25.7 Å². The van der Waals surface area contributed by atoms with Gasteiger partial charge in [0.25, 0.3) is 0 Å². The summed E-state index contributed by atoms with van der Waals surface area (Å²) in [5.41, 5.74) is 10.3. The highest BCUT2D eigenvalue weighted by molar-refractivity contribution is 7.72. The zero-order valence-corrected chi connectivity index (χ0v) is 17.5. The van der Waals surface area contributed by atoms with Crippen LogP contribution in [-0.2, 0) is 23.1 Å². The van der Waals surface area contributed by atoms with Crippen LogP contribution in [0.15, 0.2) is 0 Å². The molecule has 0 fully saturated rings. The SMILES string of the molecule is NC(CCC(CCC(N)(P(=O)(O)O)P(=O)(O)O)C(=O)O)(P(=O)(O)O)P(=O)(O)O. The lowest BCUT2D eigenvalue weighted by Gasteiger charge is -2.33. The summed E-state index contributed by atoms with van der Waals surface area (Å²) < 4.78 is 45.5. The maximum absolute atomic E-state index is 11.4. The second-order valence-electron chi connectivity index (χ2n) is 6.05. The summed E-state index contributed by atoms with van der Waals surface area (Å²) in [5, 5.41) is 2.26. The topological polar surface area (TPSA) is 319 Å². The molecule has 0 aliphatic carbocycles. The zero-order valence-electron chi connectivity index (χ0n) is 13.9. The van der Waals surface area contributed by atoms with Crippen molar-refractivity contribution in [2.75, 3.05) is 0 Å². The predicted octanol–water partition coefficient (Wildman–Crippen LogP) is -1.82.